The van der Waals surface area contributed by atoms with Crippen molar-refractivity contribution in [3.05, 3.63) is 83.4 Å². The van der Waals surface area contributed by atoms with Crippen LogP contribution in [0.15, 0.2) is 71.6 Å². The van der Waals surface area contributed by atoms with Gasteiger partial charge in [0.2, 0.25) is 5.91 Å². The Hall–Kier alpha value is -3.32. The summed E-state index contributed by atoms with van der Waals surface area (Å²) in [5.74, 6) is 0.267. The lowest BCUT2D eigenvalue weighted by molar-refractivity contribution is -0.115. The molecule has 0 spiro atoms. The zero-order valence-electron chi connectivity index (χ0n) is 17.1. The summed E-state index contributed by atoms with van der Waals surface area (Å²) in [5.41, 5.74) is 4.00. The summed E-state index contributed by atoms with van der Waals surface area (Å²) in [6.07, 6.45) is 0.253. The Kier molecular flexibility index (Phi) is 6.42. The van der Waals surface area contributed by atoms with Crippen LogP contribution in [-0.2, 0) is 21.2 Å². The topological polar surface area (TPSA) is 84.5 Å². The van der Waals surface area contributed by atoms with Crippen molar-refractivity contribution in [2.75, 3.05) is 17.1 Å². The molecule has 6 nitrogen and oxygen atoms in total. The molecule has 0 atom stereocenters. The standard InChI is InChI=1S/C23H24N2O4S/c1-16-8-9-17(2)18(14-16)15-23(26)24-19-10-12-20(13-11-19)30(27,28)25-21-6-4-5-7-22(21)29-3/h4-14,25H,15H2,1-3H3,(H,24,26). The summed E-state index contributed by atoms with van der Waals surface area (Å²) < 4.78 is 33.0. The number of para-hydroxylation sites is 2. The van der Waals surface area contributed by atoms with Gasteiger partial charge in [-0.2, -0.15) is 0 Å². The first-order valence-corrected chi connectivity index (χ1v) is 10.9. The molecule has 2 N–H and O–H groups in total. The van der Waals surface area contributed by atoms with Crippen LogP contribution in [0.2, 0.25) is 0 Å². The molecule has 1 amide bonds. The SMILES string of the molecule is COc1ccccc1NS(=O)(=O)c1ccc(NC(=O)Cc2cc(C)ccc2C)cc1. The molecule has 0 saturated heterocycles. The molecule has 0 unspecified atom stereocenters. The molecular formula is C23H24N2O4S. The van der Waals surface area contributed by atoms with E-state index in [-0.39, 0.29) is 17.2 Å². The first-order valence-electron chi connectivity index (χ1n) is 9.40. The van der Waals surface area contributed by atoms with Crippen LogP contribution in [0.1, 0.15) is 16.7 Å². The van der Waals surface area contributed by atoms with Crippen LogP contribution < -0.4 is 14.8 Å². The first kappa shape index (κ1) is 21.4. The third kappa shape index (κ3) is 5.18. The number of methoxy groups -OCH3 is 1. The number of rotatable bonds is 7. The maximum Gasteiger partial charge on any atom is 0.262 e. The monoisotopic (exact) mass is 424 g/mol. The van der Waals surface area contributed by atoms with Gasteiger partial charge in [0, 0.05) is 5.69 Å². The van der Waals surface area contributed by atoms with Gasteiger partial charge in [-0.15, -0.1) is 0 Å². The maximum absolute atomic E-state index is 12.7. The normalized spacial score (nSPS) is 11.0. The van der Waals surface area contributed by atoms with Gasteiger partial charge in [-0.3, -0.25) is 9.52 Å². The summed E-state index contributed by atoms with van der Waals surface area (Å²) >= 11 is 0. The number of anilines is 2. The van der Waals surface area contributed by atoms with Crippen LogP contribution in [0.25, 0.3) is 0 Å². The molecule has 0 aliphatic carbocycles. The Morgan fingerprint density at radius 3 is 2.37 bits per heavy atom. The molecule has 0 aliphatic rings. The first-order chi connectivity index (χ1) is 14.3. The predicted molar refractivity (Wildman–Crippen MR) is 118 cm³/mol. The van der Waals surface area contributed by atoms with E-state index in [1.54, 1.807) is 36.4 Å². The van der Waals surface area contributed by atoms with Gasteiger partial charge < -0.3 is 10.1 Å². The van der Waals surface area contributed by atoms with Crippen LogP contribution >= 0.6 is 0 Å². The quantitative estimate of drug-likeness (QED) is 0.592. The van der Waals surface area contributed by atoms with E-state index in [1.165, 1.54) is 19.2 Å². The molecule has 0 radical (unpaired) electrons. The van der Waals surface area contributed by atoms with Crippen LogP contribution in [0.4, 0.5) is 11.4 Å². The molecule has 0 saturated carbocycles. The number of sulfonamides is 1. The lowest BCUT2D eigenvalue weighted by Gasteiger charge is -2.12. The Balaban J connectivity index is 1.69. The zero-order valence-corrected chi connectivity index (χ0v) is 17.9. The highest BCUT2D eigenvalue weighted by atomic mass is 32.2. The van der Waals surface area contributed by atoms with Crippen molar-refractivity contribution in [3.8, 4) is 5.75 Å². The van der Waals surface area contributed by atoms with Crippen molar-refractivity contribution in [2.24, 2.45) is 0 Å². The number of hydrogen-bond acceptors (Lipinski definition) is 4. The molecule has 30 heavy (non-hydrogen) atoms. The zero-order chi connectivity index (χ0) is 21.7. The Labute approximate surface area is 177 Å². The Morgan fingerprint density at radius 2 is 1.67 bits per heavy atom. The smallest absolute Gasteiger partial charge is 0.262 e. The predicted octanol–water partition coefficient (Wildman–Crippen LogP) is 4.29. The minimum absolute atomic E-state index is 0.0842. The van der Waals surface area contributed by atoms with Gasteiger partial charge in [0.25, 0.3) is 10.0 Å². The molecule has 156 valence electrons. The van der Waals surface area contributed by atoms with Crippen LogP contribution in [0.5, 0.6) is 5.75 Å². The highest BCUT2D eigenvalue weighted by Crippen LogP contribution is 2.26. The fourth-order valence-electron chi connectivity index (χ4n) is 3.02. The van der Waals surface area contributed by atoms with E-state index >= 15 is 0 Å². The number of benzene rings is 3. The average molecular weight is 425 g/mol. The second-order valence-electron chi connectivity index (χ2n) is 6.99. The van der Waals surface area contributed by atoms with Crippen molar-refractivity contribution < 1.29 is 17.9 Å². The molecule has 3 aromatic carbocycles. The molecule has 0 bridgehead atoms. The summed E-state index contributed by atoms with van der Waals surface area (Å²) in [4.78, 5) is 12.5. The van der Waals surface area contributed by atoms with Gasteiger partial charge >= 0.3 is 0 Å². The van der Waals surface area contributed by atoms with E-state index in [1.807, 2.05) is 32.0 Å². The van der Waals surface area contributed by atoms with E-state index < -0.39 is 10.0 Å². The maximum atomic E-state index is 12.7. The van der Waals surface area contributed by atoms with Crippen molar-refractivity contribution >= 4 is 27.3 Å². The van der Waals surface area contributed by atoms with Crippen LogP contribution in [0, 0.1) is 13.8 Å². The molecule has 3 rings (SSSR count). The molecule has 0 fully saturated rings. The molecule has 0 aromatic heterocycles. The van der Waals surface area contributed by atoms with Gasteiger partial charge in [0.15, 0.2) is 0 Å². The minimum atomic E-state index is -3.79. The fourth-order valence-corrected chi connectivity index (χ4v) is 4.09. The van der Waals surface area contributed by atoms with E-state index in [0.29, 0.717) is 17.1 Å². The number of amides is 1. The fraction of sp³-hybridized carbons (Fsp3) is 0.174. The average Bonchev–Trinajstić information content (AvgIpc) is 2.71. The summed E-state index contributed by atoms with van der Waals surface area (Å²) in [5, 5.41) is 2.81. The third-order valence-electron chi connectivity index (χ3n) is 4.66. The highest BCUT2D eigenvalue weighted by Gasteiger charge is 2.16. The minimum Gasteiger partial charge on any atom is -0.495 e. The summed E-state index contributed by atoms with van der Waals surface area (Å²) in [6.45, 7) is 3.95. The Bertz CT molecular complexity index is 1160. The summed E-state index contributed by atoms with van der Waals surface area (Å²) in [7, 11) is -2.32. The van der Waals surface area contributed by atoms with Crippen molar-refractivity contribution in [1.29, 1.82) is 0 Å². The van der Waals surface area contributed by atoms with E-state index in [9.17, 15) is 13.2 Å². The molecule has 0 heterocycles. The van der Waals surface area contributed by atoms with Crippen molar-refractivity contribution in [3.63, 3.8) is 0 Å². The largest absolute Gasteiger partial charge is 0.495 e. The van der Waals surface area contributed by atoms with Crippen molar-refractivity contribution in [2.45, 2.75) is 25.2 Å². The van der Waals surface area contributed by atoms with E-state index in [4.69, 9.17) is 4.74 Å². The van der Waals surface area contributed by atoms with Gasteiger partial charge in [0.05, 0.1) is 24.1 Å². The number of carbonyl (C=O) groups is 1. The molecule has 0 aliphatic heterocycles. The molecule has 7 heteroatoms. The van der Waals surface area contributed by atoms with Gasteiger partial charge in [0.1, 0.15) is 5.75 Å². The van der Waals surface area contributed by atoms with Crippen molar-refractivity contribution in [1.82, 2.24) is 0 Å². The number of nitrogens with one attached hydrogen (secondary N) is 2. The van der Waals surface area contributed by atoms with Gasteiger partial charge in [-0.25, -0.2) is 8.42 Å². The van der Waals surface area contributed by atoms with Gasteiger partial charge in [-0.1, -0.05) is 35.9 Å². The van der Waals surface area contributed by atoms with Crippen LogP contribution in [-0.4, -0.2) is 21.4 Å². The number of aryl methyl sites for hydroxylation is 2. The third-order valence-corrected chi connectivity index (χ3v) is 6.04. The number of ether oxygens (including phenoxy) is 1. The molecular weight excluding hydrogens is 400 g/mol. The number of hydrogen-bond donors (Lipinski definition) is 2. The lowest BCUT2D eigenvalue weighted by atomic mass is 10.0. The second-order valence-corrected chi connectivity index (χ2v) is 8.67. The van der Waals surface area contributed by atoms with E-state index in [2.05, 4.69) is 10.0 Å². The lowest BCUT2D eigenvalue weighted by Crippen LogP contribution is -2.16. The molecule has 3 aromatic rings. The second kappa shape index (κ2) is 9.00. The van der Waals surface area contributed by atoms with Crippen LogP contribution in [0.3, 0.4) is 0 Å². The number of carbonyl (C=O) groups excluding carboxylic acids is 1. The summed E-state index contributed by atoms with van der Waals surface area (Å²) in [6, 6.07) is 18.8. The highest BCUT2D eigenvalue weighted by molar-refractivity contribution is 7.92. The van der Waals surface area contributed by atoms with E-state index in [0.717, 1.165) is 16.7 Å². The van der Waals surface area contributed by atoms with Gasteiger partial charge in [-0.05, 0) is 61.4 Å². The Morgan fingerprint density at radius 1 is 0.967 bits per heavy atom.